The third-order valence-electron chi connectivity index (χ3n) is 3.15. The molecule has 0 saturated heterocycles. The molecule has 1 aliphatic rings. The highest BCUT2D eigenvalue weighted by Gasteiger charge is 2.26. The van der Waals surface area contributed by atoms with Gasteiger partial charge in [-0.3, -0.25) is 4.79 Å². The average Bonchev–Trinajstić information content (AvgIpc) is 3.01. The van der Waals surface area contributed by atoms with Crippen molar-refractivity contribution in [3.8, 4) is 0 Å². The summed E-state index contributed by atoms with van der Waals surface area (Å²) in [5.74, 6) is -1.05. The van der Waals surface area contributed by atoms with E-state index < -0.39 is 12.1 Å². The lowest BCUT2D eigenvalue weighted by atomic mass is 10.2. The molecule has 0 bridgehead atoms. The van der Waals surface area contributed by atoms with Crippen LogP contribution in [0.2, 0.25) is 9.36 Å². The van der Waals surface area contributed by atoms with Gasteiger partial charge in [0.05, 0.1) is 0 Å². The molecule has 1 aromatic heterocycles. The van der Waals surface area contributed by atoms with Crippen LogP contribution in [0.1, 0.15) is 43.1 Å². The number of carbonyl (C=O) groups is 2. The largest absolute Gasteiger partial charge is 0.448 e. The Kier molecular flexibility index (Phi) is 5.23. The van der Waals surface area contributed by atoms with Crippen molar-refractivity contribution in [3.05, 3.63) is 15.1 Å². The molecule has 5 nitrogen and oxygen atoms in total. The number of nitrogens with one attached hydrogen (secondary N) is 1. The van der Waals surface area contributed by atoms with Crippen LogP contribution in [0.3, 0.4) is 0 Å². The highest BCUT2D eigenvalue weighted by atomic mass is 35.5. The van der Waals surface area contributed by atoms with Crippen LogP contribution in [0.15, 0.2) is 0 Å². The van der Waals surface area contributed by atoms with Crippen molar-refractivity contribution >= 4 is 46.6 Å². The Labute approximate surface area is 130 Å². The van der Waals surface area contributed by atoms with Gasteiger partial charge < -0.3 is 10.1 Å². The van der Waals surface area contributed by atoms with Crippen molar-refractivity contribution in [2.24, 2.45) is 0 Å². The van der Waals surface area contributed by atoms with Crippen LogP contribution in [0.25, 0.3) is 0 Å². The summed E-state index contributed by atoms with van der Waals surface area (Å²) in [6.07, 6.45) is 3.29. The topological polar surface area (TPSA) is 68.3 Å². The van der Waals surface area contributed by atoms with E-state index in [-0.39, 0.29) is 27.0 Å². The first-order valence-corrected chi connectivity index (χ1v) is 7.84. The van der Waals surface area contributed by atoms with Crippen LogP contribution < -0.4 is 5.32 Å². The first-order valence-electron chi connectivity index (χ1n) is 6.31. The molecule has 1 amide bonds. The van der Waals surface area contributed by atoms with Gasteiger partial charge >= 0.3 is 5.97 Å². The van der Waals surface area contributed by atoms with Gasteiger partial charge in [-0.25, -0.2) is 4.79 Å². The van der Waals surface area contributed by atoms with Gasteiger partial charge in [0.15, 0.2) is 11.8 Å². The lowest BCUT2D eigenvalue weighted by molar-refractivity contribution is -0.129. The highest BCUT2D eigenvalue weighted by molar-refractivity contribution is 7.11. The van der Waals surface area contributed by atoms with E-state index in [2.05, 4.69) is 9.69 Å². The molecule has 1 N–H and O–H groups in total. The molecule has 0 aromatic carbocycles. The summed E-state index contributed by atoms with van der Waals surface area (Å²) in [5.41, 5.74) is -0.0535. The summed E-state index contributed by atoms with van der Waals surface area (Å²) in [7, 11) is 0. The molecule has 1 aliphatic carbocycles. The lowest BCUT2D eigenvalue weighted by Gasteiger charge is -2.16. The molecule has 0 spiro atoms. The Bertz CT molecular complexity index is 515. The van der Waals surface area contributed by atoms with E-state index in [0.29, 0.717) is 0 Å². The zero-order valence-corrected chi connectivity index (χ0v) is 13.1. The van der Waals surface area contributed by atoms with Crippen molar-refractivity contribution < 1.29 is 14.3 Å². The number of halogens is 2. The van der Waals surface area contributed by atoms with Crippen LogP contribution >= 0.6 is 34.7 Å². The van der Waals surface area contributed by atoms with Gasteiger partial charge in [-0.15, -0.1) is 0 Å². The van der Waals surface area contributed by atoms with Gasteiger partial charge in [-0.2, -0.15) is 4.37 Å². The van der Waals surface area contributed by atoms with E-state index in [0.717, 1.165) is 37.2 Å². The van der Waals surface area contributed by atoms with E-state index in [4.69, 9.17) is 27.9 Å². The maximum Gasteiger partial charge on any atom is 0.360 e. The molecular weight excluding hydrogens is 323 g/mol. The number of hydrogen-bond acceptors (Lipinski definition) is 5. The van der Waals surface area contributed by atoms with Gasteiger partial charge in [0, 0.05) is 6.04 Å². The molecule has 1 aromatic rings. The first kappa shape index (κ1) is 15.5. The second kappa shape index (κ2) is 6.74. The van der Waals surface area contributed by atoms with E-state index in [1.807, 2.05) is 0 Å². The number of esters is 1. The summed E-state index contributed by atoms with van der Waals surface area (Å²) >= 11 is 12.4. The Morgan fingerprint density at radius 1 is 1.40 bits per heavy atom. The fourth-order valence-corrected chi connectivity index (χ4v) is 3.02. The summed E-state index contributed by atoms with van der Waals surface area (Å²) in [6, 6.07) is 0.181. The second-order valence-electron chi connectivity index (χ2n) is 4.66. The number of amides is 1. The number of nitrogens with zero attached hydrogens (tertiary/aromatic N) is 1. The maximum atomic E-state index is 11.9. The molecule has 8 heteroatoms. The number of aromatic nitrogens is 1. The minimum Gasteiger partial charge on any atom is -0.448 e. The molecule has 1 fully saturated rings. The fourth-order valence-electron chi connectivity index (χ4n) is 2.04. The quantitative estimate of drug-likeness (QED) is 0.858. The van der Waals surface area contributed by atoms with Crippen LogP contribution in [0.5, 0.6) is 0 Å². The molecule has 0 radical (unpaired) electrons. The van der Waals surface area contributed by atoms with Crippen molar-refractivity contribution in [2.45, 2.75) is 44.8 Å². The van der Waals surface area contributed by atoms with Crippen molar-refractivity contribution in [2.75, 3.05) is 0 Å². The number of rotatable bonds is 4. The maximum absolute atomic E-state index is 11.9. The van der Waals surface area contributed by atoms with E-state index >= 15 is 0 Å². The third kappa shape index (κ3) is 3.62. The molecule has 0 unspecified atom stereocenters. The van der Waals surface area contributed by atoms with Gasteiger partial charge in [-0.05, 0) is 31.3 Å². The van der Waals surface area contributed by atoms with Gasteiger partial charge in [0.1, 0.15) is 9.36 Å². The molecule has 1 atom stereocenters. The normalized spacial score (nSPS) is 16.9. The summed E-state index contributed by atoms with van der Waals surface area (Å²) in [5, 5.41) is 2.92. The molecule has 2 rings (SSSR count). The molecule has 1 heterocycles. The van der Waals surface area contributed by atoms with Crippen molar-refractivity contribution in [1.29, 1.82) is 0 Å². The standard InChI is InChI=1S/C12H14Cl2N2O3S/c1-6(11(17)15-7-4-2-3-5-7)19-12(18)9-8(13)10(14)20-16-9/h6-7H,2-5H2,1H3,(H,15,17)/t6-/m0/s1. The minimum absolute atomic E-state index is 0.0535. The summed E-state index contributed by atoms with van der Waals surface area (Å²) in [4.78, 5) is 23.7. The molecule has 20 heavy (non-hydrogen) atoms. The van der Waals surface area contributed by atoms with Crippen LogP contribution in [-0.4, -0.2) is 28.4 Å². The fraction of sp³-hybridized carbons (Fsp3) is 0.583. The second-order valence-corrected chi connectivity index (χ2v) is 6.41. The summed E-state index contributed by atoms with van der Waals surface area (Å²) in [6.45, 7) is 1.52. The Hall–Kier alpha value is -0.850. The Morgan fingerprint density at radius 2 is 2.05 bits per heavy atom. The zero-order valence-electron chi connectivity index (χ0n) is 10.8. The average molecular weight is 337 g/mol. The highest BCUT2D eigenvalue weighted by Crippen LogP contribution is 2.30. The smallest absolute Gasteiger partial charge is 0.360 e. The van der Waals surface area contributed by atoms with Crippen LogP contribution in [0, 0.1) is 0 Å². The molecule has 110 valence electrons. The predicted molar refractivity (Wildman–Crippen MR) is 77.4 cm³/mol. The number of ether oxygens (including phenoxy) is 1. The van der Waals surface area contributed by atoms with Gasteiger partial charge in [0.25, 0.3) is 5.91 Å². The number of hydrogen-bond donors (Lipinski definition) is 1. The van der Waals surface area contributed by atoms with Crippen LogP contribution in [-0.2, 0) is 9.53 Å². The van der Waals surface area contributed by atoms with Gasteiger partial charge in [0.2, 0.25) is 0 Å². The Morgan fingerprint density at radius 3 is 2.60 bits per heavy atom. The minimum atomic E-state index is -0.889. The molecule has 1 saturated carbocycles. The zero-order chi connectivity index (χ0) is 14.7. The van der Waals surface area contributed by atoms with E-state index in [1.165, 1.54) is 6.92 Å². The molecule has 0 aliphatic heterocycles. The van der Waals surface area contributed by atoms with Crippen molar-refractivity contribution in [3.63, 3.8) is 0 Å². The SMILES string of the molecule is C[C@H](OC(=O)c1nsc(Cl)c1Cl)C(=O)NC1CCCC1. The molecular formula is C12H14Cl2N2O3S. The summed E-state index contributed by atoms with van der Waals surface area (Å²) < 4.78 is 9.08. The first-order chi connectivity index (χ1) is 9.49. The van der Waals surface area contributed by atoms with E-state index in [1.54, 1.807) is 0 Å². The van der Waals surface area contributed by atoms with Crippen molar-refractivity contribution in [1.82, 2.24) is 9.69 Å². The van der Waals surface area contributed by atoms with Crippen LogP contribution in [0.4, 0.5) is 0 Å². The Balaban J connectivity index is 1.90. The lowest BCUT2D eigenvalue weighted by Crippen LogP contribution is -2.40. The predicted octanol–water partition coefficient (Wildman–Crippen LogP) is 3.05. The monoisotopic (exact) mass is 336 g/mol. The third-order valence-corrected chi connectivity index (χ3v) is 4.76. The van der Waals surface area contributed by atoms with E-state index in [9.17, 15) is 9.59 Å². The van der Waals surface area contributed by atoms with Gasteiger partial charge in [-0.1, -0.05) is 36.0 Å². The number of carbonyl (C=O) groups excluding carboxylic acids is 2.